The highest BCUT2D eigenvalue weighted by Gasteiger charge is 2.36. The number of hydrogen-bond donors (Lipinski definition) is 0. The van der Waals surface area contributed by atoms with E-state index >= 15 is 0 Å². The number of thiophene rings is 1. The van der Waals surface area contributed by atoms with Crippen LogP contribution in [0.1, 0.15) is 26.4 Å². The third-order valence-electron chi connectivity index (χ3n) is 5.97. The molecule has 4 aromatic rings. The predicted octanol–water partition coefficient (Wildman–Crippen LogP) is 5.22. The van der Waals surface area contributed by atoms with Crippen LogP contribution in [0.25, 0.3) is 10.8 Å². The Morgan fingerprint density at radius 1 is 0.970 bits per heavy atom. The van der Waals surface area contributed by atoms with E-state index in [2.05, 4.69) is 12.1 Å². The molecule has 5 nitrogen and oxygen atoms in total. The first-order valence-corrected chi connectivity index (χ1v) is 11.6. The summed E-state index contributed by atoms with van der Waals surface area (Å²) in [5.41, 5.74) is 3.05. The van der Waals surface area contributed by atoms with Gasteiger partial charge >= 0.3 is 5.97 Å². The van der Waals surface area contributed by atoms with Crippen molar-refractivity contribution in [1.82, 2.24) is 4.90 Å². The summed E-state index contributed by atoms with van der Waals surface area (Å²) >= 11 is 1.37. The summed E-state index contributed by atoms with van der Waals surface area (Å²) < 4.78 is 11.0. The van der Waals surface area contributed by atoms with Gasteiger partial charge < -0.3 is 14.4 Å². The number of carbonyl (C=O) groups is 2. The van der Waals surface area contributed by atoms with E-state index in [1.54, 1.807) is 4.90 Å². The van der Waals surface area contributed by atoms with Crippen molar-refractivity contribution < 1.29 is 19.1 Å². The molecule has 0 N–H and O–H groups in total. The van der Waals surface area contributed by atoms with Gasteiger partial charge in [-0.05, 0) is 45.5 Å². The predicted molar refractivity (Wildman–Crippen MR) is 128 cm³/mol. The number of carbonyl (C=O) groups excluding carboxylic acids is 2. The van der Waals surface area contributed by atoms with Crippen molar-refractivity contribution in [3.05, 3.63) is 99.7 Å². The number of methoxy groups -OCH3 is 1. The first-order chi connectivity index (χ1) is 16.1. The fraction of sp³-hybridized carbons (Fsp3) is 0.185. The minimum Gasteiger partial charge on any atom is -0.489 e. The van der Waals surface area contributed by atoms with Gasteiger partial charge in [-0.25, -0.2) is 4.79 Å². The number of hydrogen-bond acceptors (Lipinski definition) is 5. The molecule has 0 bridgehead atoms. The molecule has 0 radical (unpaired) electrons. The fourth-order valence-corrected chi connectivity index (χ4v) is 5.06. The number of benzene rings is 3. The molecule has 1 unspecified atom stereocenters. The van der Waals surface area contributed by atoms with Gasteiger partial charge in [0.25, 0.3) is 5.91 Å². The monoisotopic (exact) mass is 457 g/mol. The van der Waals surface area contributed by atoms with Crippen LogP contribution in [-0.4, -0.2) is 29.9 Å². The number of nitrogens with zero attached hydrogens (tertiary/aromatic N) is 1. The molecule has 1 aromatic heterocycles. The number of esters is 1. The highest BCUT2D eigenvalue weighted by Crippen LogP contribution is 2.28. The van der Waals surface area contributed by atoms with Gasteiger partial charge in [-0.15, -0.1) is 11.3 Å². The molecule has 33 heavy (non-hydrogen) atoms. The molecule has 2 heterocycles. The summed E-state index contributed by atoms with van der Waals surface area (Å²) in [6.45, 7) is 0.751. The molecular weight excluding hydrogens is 434 g/mol. The Hall–Kier alpha value is -3.64. The van der Waals surface area contributed by atoms with Crippen LogP contribution in [0.15, 0.2) is 78.2 Å². The molecule has 1 aliphatic rings. The fourth-order valence-electron chi connectivity index (χ4n) is 4.21. The number of ether oxygens (including phenoxy) is 2. The summed E-state index contributed by atoms with van der Waals surface area (Å²) in [4.78, 5) is 28.0. The van der Waals surface area contributed by atoms with E-state index in [1.807, 2.05) is 66.0 Å². The standard InChI is InChI=1S/C27H23NO4S/c1-31-27(30)24-14-21-8-4-5-9-22(21)15-28(24)26(29)25-12-18(17-33-25)16-32-23-11-10-19-6-2-3-7-20(19)13-23/h2-13,17,24H,14-16H2,1H3. The van der Waals surface area contributed by atoms with Crippen molar-refractivity contribution in [2.75, 3.05) is 7.11 Å². The Labute approximate surface area is 196 Å². The first-order valence-electron chi connectivity index (χ1n) is 10.8. The summed E-state index contributed by atoms with van der Waals surface area (Å²) in [6, 6.07) is 23.3. The summed E-state index contributed by atoms with van der Waals surface area (Å²) in [5, 5.41) is 4.21. The van der Waals surface area contributed by atoms with Crippen molar-refractivity contribution >= 4 is 34.0 Å². The quantitative estimate of drug-likeness (QED) is 0.386. The van der Waals surface area contributed by atoms with Crippen LogP contribution in [0.3, 0.4) is 0 Å². The average molecular weight is 458 g/mol. The maximum Gasteiger partial charge on any atom is 0.328 e. The van der Waals surface area contributed by atoms with Crippen LogP contribution >= 0.6 is 11.3 Å². The maximum atomic E-state index is 13.4. The second kappa shape index (κ2) is 9.08. The lowest BCUT2D eigenvalue weighted by atomic mass is 9.93. The van der Waals surface area contributed by atoms with E-state index in [4.69, 9.17) is 9.47 Å². The lowest BCUT2D eigenvalue weighted by molar-refractivity contribution is -0.146. The molecule has 0 saturated heterocycles. The van der Waals surface area contributed by atoms with Gasteiger partial charge in [0.1, 0.15) is 18.4 Å². The Morgan fingerprint density at radius 2 is 1.73 bits per heavy atom. The van der Waals surface area contributed by atoms with Crippen molar-refractivity contribution in [2.24, 2.45) is 0 Å². The lowest BCUT2D eigenvalue weighted by Gasteiger charge is -2.34. The highest BCUT2D eigenvalue weighted by molar-refractivity contribution is 7.12. The molecule has 166 valence electrons. The van der Waals surface area contributed by atoms with E-state index in [9.17, 15) is 9.59 Å². The molecule has 6 heteroatoms. The van der Waals surface area contributed by atoms with Gasteiger partial charge in [0.05, 0.1) is 12.0 Å². The van der Waals surface area contributed by atoms with E-state index < -0.39 is 12.0 Å². The highest BCUT2D eigenvalue weighted by atomic mass is 32.1. The zero-order valence-electron chi connectivity index (χ0n) is 18.2. The summed E-state index contributed by atoms with van der Waals surface area (Å²) in [6.07, 6.45) is 0.456. The molecule has 1 aliphatic heterocycles. The van der Waals surface area contributed by atoms with Crippen LogP contribution in [0, 0.1) is 0 Å². The van der Waals surface area contributed by atoms with Gasteiger partial charge in [-0.2, -0.15) is 0 Å². The minimum atomic E-state index is -0.628. The smallest absolute Gasteiger partial charge is 0.328 e. The third kappa shape index (κ3) is 4.34. The zero-order chi connectivity index (χ0) is 22.8. The molecule has 1 atom stereocenters. The number of rotatable bonds is 5. The van der Waals surface area contributed by atoms with E-state index in [0.29, 0.717) is 24.4 Å². The van der Waals surface area contributed by atoms with E-state index in [1.165, 1.54) is 18.4 Å². The Kier molecular flexibility index (Phi) is 5.84. The van der Waals surface area contributed by atoms with Gasteiger partial charge in [0.2, 0.25) is 0 Å². The van der Waals surface area contributed by atoms with Crippen molar-refractivity contribution in [1.29, 1.82) is 0 Å². The van der Waals surface area contributed by atoms with Crippen LogP contribution < -0.4 is 4.74 Å². The Morgan fingerprint density at radius 3 is 2.55 bits per heavy atom. The molecule has 0 fully saturated rings. The van der Waals surface area contributed by atoms with Gasteiger partial charge in [-0.3, -0.25) is 4.79 Å². The summed E-state index contributed by atoms with van der Waals surface area (Å²) in [7, 11) is 1.36. The van der Waals surface area contributed by atoms with Crippen molar-refractivity contribution in [2.45, 2.75) is 25.6 Å². The van der Waals surface area contributed by atoms with Crippen molar-refractivity contribution in [3.63, 3.8) is 0 Å². The third-order valence-corrected chi connectivity index (χ3v) is 6.94. The Bertz CT molecular complexity index is 1330. The minimum absolute atomic E-state index is 0.165. The first kappa shape index (κ1) is 21.2. The normalized spacial score (nSPS) is 15.2. The van der Waals surface area contributed by atoms with Gasteiger partial charge in [-0.1, -0.05) is 54.6 Å². The van der Waals surface area contributed by atoms with Crippen LogP contribution in [0.2, 0.25) is 0 Å². The van der Waals surface area contributed by atoms with Crippen LogP contribution in [-0.2, 0) is 29.1 Å². The van der Waals surface area contributed by atoms with Crippen molar-refractivity contribution in [3.8, 4) is 5.75 Å². The molecule has 1 amide bonds. The Balaban J connectivity index is 1.31. The lowest BCUT2D eigenvalue weighted by Crippen LogP contribution is -2.49. The molecule has 0 aliphatic carbocycles. The molecule has 5 rings (SSSR count). The van der Waals surface area contributed by atoms with Crippen LogP contribution in [0.5, 0.6) is 5.75 Å². The molecule has 0 spiro atoms. The van der Waals surface area contributed by atoms with E-state index in [-0.39, 0.29) is 5.91 Å². The second-order valence-electron chi connectivity index (χ2n) is 8.06. The van der Waals surface area contributed by atoms with Gasteiger partial charge in [0, 0.05) is 18.5 Å². The number of amides is 1. The largest absolute Gasteiger partial charge is 0.489 e. The average Bonchev–Trinajstić information content (AvgIpc) is 3.34. The van der Waals surface area contributed by atoms with Gasteiger partial charge in [0.15, 0.2) is 0 Å². The SMILES string of the molecule is COC(=O)C1Cc2ccccc2CN1C(=O)c1cc(COc2ccc3ccccc3c2)cs1. The number of fused-ring (bicyclic) bond motifs is 2. The molecule has 0 saturated carbocycles. The second-order valence-corrected chi connectivity index (χ2v) is 8.97. The maximum absolute atomic E-state index is 13.4. The topological polar surface area (TPSA) is 55.8 Å². The molecular formula is C27H23NO4S. The summed E-state index contributed by atoms with van der Waals surface area (Å²) in [5.74, 6) is 0.224. The van der Waals surface area contributed by atoms with Crippen LogP contribution in [0.4, 0.5) is 0 Å². The zero-order valence-corrected chi connectivity index (χ0v) is 19.0. The van der Waals surface area contributed by atoms with E-state index in [0.717, 1.165) is 33.2 Å². The molecule has 3 aromatic carbocycles.